The molecule has 1 rings (SSSR count). The summed E-state index contributed by atoms with van der Waals surface area (Å²) in [4.78, 5) is 27.5. The molecule has 0 bridgehead atoms. The molecule has 1 aromatic carbocycles. The van der Waals surface area contributed by atoms with Crippen LogP contribution in [0, 0.1) is 0 Å². The van der Waals surface area contributed by atoms with Gasteiger partial charge in [0.2, 0.25) is 5.78 Å². The smallest absolute Gasteiger partial charge is 0.406 e. The molecule has 0 spiro atoms. The number of hydrogen-bond donors (Lipinski definition) is 1. The maximum absolute atomic E-state index is 13.1. The molecule has 1 amide bonds. The first-order valence-electron chi connectivity index (χ1n) is 10.2. The molecule has 1 atom stereocenters. The van der Waals surface area contributed by atoms with E-state index < -0.39 is 25.7 Å². The molecule has 6 heteroatoms. The molecule has 0 aliphatic heterocycles. The zero-order valence-corrected chi connectivity index (χ0v) is 20.3. The van der Waals surface area contributed by atoms with E-state index >= 15 is 0 Å². The molecule has 0 fully saturated rings. The van der Waals surface area contributed by atoms with Gasteiger partial charge in [-0.15, -0.1) is 0 Å². The molecule has 0 aliphatic rings. The highest BCUT2D eigenvalue weighted by Crippen LogP contribution is 2.38. The number of aliphatic hydroxyl groups is 1. The topological polar surface area (TPSA) is 66.8 Å². The van der Waals surface area contributed by atoms with Crippen molar-refractivity contribution < 1.29 is 19.4 Å². The molecule has 1 unspecified atom stereocenters. The lowest BCUT2D eigenvalue weighted by Gasteiger charge is -2.39. The van der Waals surface area contributed by atoms with Gasteiger partial charge in [0.05, 0.1) is 13.8 Å². The number of hydrogen-bond acceptors (Lipinski definition) is 4. The Morgan fingerprint density at radius 2 is 1.52 bits per heavy atom. The van der Waals surface area contributed by atoms with E-state index in [0.29, 0.717) is 5.56 Å². The number of ketones is 1. The molecule has 1 aromatic rings. The summed E-state index contributed by atoms with van der Waals surface area (Å²) in [6.07, 6.45) is 0.844. The number of rotatable bonds is 7. The minimum atomic E-state index is -2.22. The third-order valence-corrected chi connectivity index (χ3v) is 11.3. The Morgan fingerprint density at radius 1 is 1.03 bits per heavy atom. The second-order valence-corrected chi connectivity index (χ2v) is 15.1. The van der Waals surface area contributed by atoms with Crippen molar-refractivity contribution in [1.82, 2.24) is 4.90 Å². The summed E-state index contributed by atoms with van der Waals surface area (Å²) in [5.74, 6) is -0.533. The van der Waals surface area contributed by atoms with Gasteiger partial charge in [-0.3, -0.25) is 4.79 Å². The summed E-state index contributed by atoms with van der Waals surface area (Å²) in [7, 11) is -2.22. The molecule has 0 radical (unpaired) electrons. The highest BCUT2D eigenvalue weighted by atomic mass is 28.3. The molecule has 0 heterocycles. The fraction of sp³-hybridized carbons (Fsp3) is 0.565. The summed E-state index contributed by atoms with van der Waals surface area (Å²) < 4.78 is 5.59. The number of allylic oxidation sites excluding steroid dienone is 1. The quantitative estimate of drug-likeness (QED) is 0.277. The third kappa shape index (κ3) is 6.28. The number of carbonyl (C=O) groups excluding carboxylic acids is 2. The van der Waals surface area contributed by atoms with Crippen LogP contribution in [0.15, 0.2) is 42.2 Å². The lowest BCUT2D eigenvalue weighted by Crippen LogP contribution is -2.49. The van der Waals surface area contributed by atoms with Crippen LogP contribution in [0.5, 0.6) is 0 Å². The fourth-order valence-corrected chi connectivity index (χ4v) is 4.30. The number of nitrogens with zero attached hydrogens (tertiary/aromatic N) is 1. The molecule has 0 aliphatic carbocycles. The number of ether oxygens (including phenoxy) is 1. The highest BCUT2D eigenvalue weighted by Gasteiger charge is 2.41. The van der Waals surface area contributed by atoms with Gasteiger partial charge in [0.15, 0.2) is 5.76 Å². The second kappa shape index (κ2) is 9.72. The highest BCUT2D eigenvalue weighted by molar-refractivity contribution is 6.81. The maximum atomic E-state index is 13.1. The van der Waals surface area contributed by atoms with Crippen molar-refractivity contribution in [2.45, 2.75) is 84.4 Å². The number of carbonyl (C=O) groups is 2. The second-order valence-electron chi connectivity index (χ2n) is 9.61. The number of benzene rings is 1. The lowest BCUT2D eigenvalue weighted by atomic mass is 10.1. The molecule has 1 N–H and O–H groups in total. The van der Waals surface area contributed by atoms with E-state index in [1.807, 2.05) is 33.8 Å². The van der Waals surface area contributed by atoms with Crippen LogP contribution in [0.4, 0.5) is 4.79 Å². The van der Waals surface area contributed by atoms with Gasteiger partial charge < -0.3 is 14.7 Å². The summed E-state index contributed by atoms with van der Waals surface area (Å²) in [5, 5.41) is 10.9. The van der Waals surface area contributed by atoms with Crippen LogP contribution < -0.4 is 0 Å². The summed E-state index contributed by atoms with van der Waals surface area (Å²) in [5.41, 5.74) is -0.431. The van der Waals surface area contributed by atoms with Crippen molar-refractivity contribution in [3.8, 4) is 0 Å². The van der Waals surface area contributed by atoms with E-state index in [4.69, 9.17) is 4.74 Å². The molecular weight excluding hydrogens is 382 g/mol. The molecule has 5 nitrogen and oxygen atoms in total. The molecule has 0 saturated heterocycles. The van der Waals surface area contributed by atoms with E-state index in [-0.39, 0.29) is 22.9 Å². The van der Waals surface area contributed by atoms with Gasteiger partial charge in [-0.2, -0.15) is 0 Å². The monoisotopic (exact) mass is 419 g/mol. The van der Waals surface area contributed by atoms with E-state index in [1.54, 1.807) is 29.2 Å². The van der Waals surface area contributed by atoms with E-state index in [2.05, 4.69) is 33.9 Å². The van der Waals surface area contributed by atoms with Crippen molar-refractivity contribution in [2.24, 2.45) is 0 Å². The van der Waals surface area contributed by atoms with Crippen LogP contribution in [0.2, 0.25) is 18.1 Å². The minimum Gasteiger partial charge on any atom is -0.406 e. The molecule has 0 saturated carbocycles. The van der Waals surface area contributed by atoms with E-state index in [0.717, 1.165) is 0 Å². The maximum Gasteiger partial charge on any atom is 0.415 e. The largest absolute Gasteiger partial charge is 0.415 e. The predicted molar refractivity (Wildman–Crippen MR) is 121 cm³/mol. The first kappa shape index (κ1) is 25.1. The zero-order chi connectivity index (χ0) is 22.6. The Hall–Kier alpha value is -1.92. The van der Waals surface area contributed by atoms with E-state index in [9.17, 15) is 14.7 Å². The Kier molecular flexibility index (Phi) is 8.42. The van der Waals surface area contributed by atoms with Crippen molar-refractivity contribution in [1.29, 1.82) is 0 Å². The fourth-order valence-electron chi connectivity index (χ4n) is 2.85. The predicted octanol–water partition coefficient (Wildman–Crippen LogP) is 5.42. The number of aliphatic hydroxyl groups excluding tert-OH is 1. The molecule has 162 valence electrons. The van der Waals surface area contributed by atoms with Gasteiger partial charge >= 0.3 is 6.09 Å². The summed E-state index contributed by atoms with van der Waals surface area (Å²) in [6.45, 7) is 18.0. The number of amides is 1. The first-order chi connectivity index (χ1) is 13.2. The summed E-state index contributed by atoms with van der Waals surface area (Å²) >= 11 is 0. The average molecular weight is 420 g/mol. The van der Waals surface area contributed by atoms with Crippen molar-refractivity contribution in [3.63, 3.8) is 0 Å². The van der Waals surface area contributed by atoms with Gasteiger partial charge in [-0.25, -0.2) is 4.79 Å². The van der Waals surface area contributed by atoms with Crippen LogP contribution in [-0.2, 0) is 4.74 Å². The Balaban J connectivity index is 3.36. The van der Waals surface area contributed by atoms with Crippen molar-refractivity contribution in [3.05, 3.63) is 47.7 Å². The normalized spacial score (nSPS) is 14.1. The van der Waals surface area contributed by atoms with Gasteiger partial charge in [0.25, 0.3) is 0 Å². The van der Waals surface area contributed by atoms with Gasteiger partial charge in [-0.1, -0.05) is 64.2 Å². The minimum absolute atomic E-state index is 0.0825. The van der Waals surface area contributed by atoms with Crippen LogP contribution in [0.1, 0.15) is 58.8 Å². The van der Waals surface area contributed by atoms with Crippen LogP contribution in [0.3, 0.4) is 0 Å². The Labute approximate surface area is 176 Å². The number of Topliss-reactive ketones (excluding diaryl/α,β-unsaturated/α-hetero) is 1. The SMILES string of the molecule is CC(C)N(C(=O)O/C(=C/C(O)[Si](C)(C)C(C)(C)C)C(=O)c1ccccc1)C(C)C. The third-order valence-electron chi connectivity index (χ3n) is 5.76. The zero-order valence-electron chi connectivity index (χ0n) is 19.3. The summed E-state index contributed by atoms with van der Waals surface area (Å²) in [6, 6.07) is 8.51. The van der Waals surface area contributed by atoms with Crippen molar-refractivity contribution >= 4 is 20.0 Å². The molecular formula is C23H37NO4Si. The van der Waals surface area contributed by atoms with Crippen LogP contribution in [0.25, 0.3) is 0 Å². The van der Waals surface area contributed by atoms with Gasteiger partial charge in [0, 0.05) is 17.6 Å². The van der Waals surface area contributed by atoms with Gasteiger partial charge in [-0.05, 0) is 38.8 Å². The standard InChI is InChI=1S/C23H37NO4Si/c1-16(2)24(17(3)4)22(27)28-19(21(26)18-13-11-10-12-14-18)15-20(25)29(8,9)23(5,6)7/h10-17,20,25H,1-9H3/b19-15+. The lowest BCUT2D eigenvalue weighted by molar-refractivity contribution is 0.0814. The Morgan fingerprint density at radius 3 is 1.93 bits per heavy atom. The van der Waals surface area contributed by atoms with Crippen molar-refractivity contribution in [2.75, 3.05) is 0 Å². The Bertz CT molecular complexity index is 725. The molecule has 0 aromatic heterocycles. The van der Waals surface area contributed by atoms with Gasteiger partial charge in [0.1, 0.15) is 0 Å². The van der Waals surface area contributed by atoms with Crippen LogP contribution in [-0.4, -0.2) is 47.8 Å². The van der Waals surface area contributed by atoms with Crippen LogP contribution >= 0.6 is 0 Å². The first-order valence-corrected chi connectivity index (χ1v) is 13.3. The molecule has 29 heavy (non-hydrogen) atoms. The average Bonchev–Trinajstić information content (AvgIpc) is 2.59. The van der Waals surface area contributed by atoms with E-state index in [1.165, 1.54) is 6.08 Å².